The van der Waals surface area contributed by atoms with E-state index in [1.165, 1.54) is 6.07 Å². The molecule has 3 aromatic carbocycles. The van der Waals surface area contributed by atoms with Crippen molar-refractivity contribution >= 4 is 11.8 Å². The SMILES string of the molecule is CCCNC(=O)[C@H](Cc1ccccc1)N(Cc1cccc(OC)c1)C(=O)Cc1ccccc1F. The van der Waals surface area contributed by atoms with Gasteiger partial charge in [-0.25, -0.2) is 4.39 Å². The van der Waals surface area contributed by atoms with Crippen LogP contribution in [0.1, 0.15) is 30.0 Å². The Kier molecular flexibility index (Phi) is 9.21. The van der Waals surface area contributed by atoms with E-state index in [1.54, 1.807) is 30.2 Å². The van der Waals surface area contributed by atoms with Crippen LogP contribution in [0.15, 0.2) is 78.9 Å². The molecule has 0 aliphatic heterocycles. The quantitative estimate of drug-likeness (QED) is 0.455. The van der Waals surface area contributed by atoms with E-state index in [2.05, 4.69) is 5.32 Å². The van der Waals surface area contributed by atoms with Gasteiger partial charge in [0.1, 0.15) is 17.6 Å². The Bertz CT molecular complexity index is 1090. The summed E-state index contributed by atoms with van der Waals surface area (Å²) in [6, 6.07) is 22.5. The summed E-state index contributed by atoms with van der Waals surface area (Å²) in [7, 11) is 1.58. The third-order valence-corrected chi connectivity index (χ3v) is 5.61. The molecule has 0 bridgehead atoms. The lowest BCUT2D eigenvalue weighted by Crippen LogP contribution is -2.51. The van der Waals surface area contributed by atoms with E-state index in [0.717, 1.165) is 17.5 Å². The molecule has 0 unspecified atom stereocenters. The molecule has 0 saturated heterocycles. The first-order valence-corrected chi connectivity index (χ1v) is 11.5. The molecule has 0 saturated carbocycles. The van der Waals surface area contributed by atoms with Crippen LogP contribution in [0.5, 0.6) is 5.75 Å². The number of rotatable bonds is 11. The lowest BCUT2D eigenvalue weighted by Gasteiger charge is -2.32. The second-order valence-corrected chi connectivity index (χ2v) is 8.14. The third kappa shape index (κ3) is 6.91. The number of methoxy groups -OCH3 is 1. The molecule has 0 heterocycles. The Hall–Kier alpha value is -3.67. The molecule has 0 spiro atoms. The van der Waals surface area contributed by atoms with Crippen molar-refractivity contribution in [3.05, 3.63) is 101 Å². The van der Waals surface area contributed by atoms with Crippen molar-refractivity contribution < 1.29 is 18.7 Å². The molecule has 34 heavy (non-hydrogen) atoms. The van der Waals surface area contributed by atoms with Crippen LogP contribution in [-0.2, 0) is 29.0 Å². The highest BCUT2D eigenvalue weighted by Gasteiger charge is 2.30. The average molecular weight is 463 g/mol. The summed E-state index contributed by atoms with van der Waals surface area (Å²) in [5, 5.41) is 2.94. The van der Waals surface area contributed by atoms with Gasteiger partial charge in [0.25, 0.3) is 0 Å². The highest BCUT2D eigenvalue weighted by Crippen LogP contribution is 2.20. The highest BCUT2D eigenvalue weighted by atomic mass is 19.1. The minimum atomic E-state index is -0.751. The van der Waals surface area contributed by atoms with Crippen LogP contribution >= 0.6 is 0 Å². The molecule has 0 radical (unpaired) electrons. The van der Waals surface area contributed by atoms with Crippen molar-refractivity contribution in [2.75, 3.05) is 13.7 Å². The normalized spacial score (nSPS) is 11.5. The maximum atomic E-state index is 14.3. The Morgan fingerprint density at radius 1 is 0.971 bits per heavy atom. The predicted octanol–water partition coefficient (Wildman–Crippen LogP) is 4.54. The summed E-state index contributed by atoms with van der Waals surface area (Å²) in [5.74, 6) is -0.322. The van der Waals surface area contributed by atoms with Gasteiger partial charge in [-0.3, -0.25) is 9.59 Å². The van der Waals surface area contributed by atoms with Crippen LogP contribution in [0.2, 0.25) is 0 Å². The van der Waals surface area contributed by atoms with Crippen molar-refractivity contribution in [2.24, 2.45) is 0 Å². The molecule has 1 atom stereocenters. The maximum absolute atomic E-state index is 14.3. The first-order chi connectivity index (χ1) is 16.5. The van der Waals surface area contributed by atoms with Crippen LogP contribution in [0.3, 0.4) is 0 Å². The minimum Gasteiger partial charge on any atom is -0.497 e. The Morgan fingerprint density at radius 3 is 2.38 bits per heavy atom. The van der Waals surface area contributed by atoms with E-state index in [0.29, 0.717) is 24.3 Å². The summed E-state index contributed by atoms with van der Waals surface area (Å²) in [6.07, 6.45) is 0.995. The van der Waals surface area contributed by atoms with Crippen LogP contribution < -0.4 is 10.1 Å². The van der Waals surface area contributed by atoms with E-state index in [-0.39, 0.29) is 24.8 Å². The zero-order valence-electron chi connectivity index (χ0n) is 19.7. The Morgan fingerprint density at radius 2 is 1.68 bits per heavy atom. The number of amides is 2. The van der Waals surface area contributed by atoms with Gasteiger partial charge in [-0.05, 0) is 41.3 Å². The largest absolute Gasteiger partial charge is 0.497 e. The fourth-order valence-corrected chi connectivity index (χ4v) is 3.79. The molecular formula is C28H31FN2O3. The summed E-state index contributed by atoms with van der Waals surface area (Å²) < 4.78 is 19.7. The predicted molar refractivity (Wildman–Crippen MR) is 131 cm³/mol. The van der Waals surface area contributed by atoms with Crippen LogP contribution in [0.25, 0.3) is 0 Å². The third-order valence-electron chi connectivity index (χ3n) is 5.61. The second-order valence-electron chi connectivity index (χ2n) is 8.14. The van der Waals surface area contributed by atoms with E-state index >= 15 is 0 Å². The van der Waals surface area contributed by atoms with E-state index in [1.807, 2.05) is 61.5 Å². The second kappa shape index (κ2) is 12.5. The maximum Gasteiger partial charge on any atom is 0.243 e. The van der Waals surface area contributed by atoms with Gasteiger partial charge < -0.3 is 15.0 Å². The van der Waals surface area contributed by atoms with Gasteiger partial charge in [0.2, 0.25) is 11.8 Å². The van der Waals surface area contributed by atoms with Gasteiger partial charge in [0, 0.05) is 19.5 Å². The smallest absolute Gasteiger partial charge is 0.243 e. The molecule has 5 nitrogen and oxygen atoms in total. The number of ether oxygens (including phenoxy) is 1. The number of halogens is 1. The molecule has 0 aliphatic rings. The molecule has 178 valence electrons. The summed E-state index contributed by atoms with van der Waals surface area (Å²) in [6.45, 7) is 2.68. The van der Waals surface area contributed by atoms with E-state index in [4.69, 9.17) is 4.74 Å². The highest BCUT2D eigenvalue weighted by molar-refractivity contribution is 5.88. The molecule has 1 N–H and O–H groups in total. The molecule has 0 fully saturated rings. The van der Waals surface area contributed by atoms with Crippen molar-refractivity contribution in [3.63, 3.8) is 0 Å². The summed E-state index contributed by atoms with van der Waals surface area (Å²) in [4.78, 5) is 28.4. The number of hydrogen-bond acceptors (Lipinski definition) is 3. The lowest BCUT2D eigenvalue weighted by molar-refractivity contribution is -0.140. The van der Waals surface area contributed by atoms with Crippen molar-refractivity contribution in [2.45, 2.75) is 38.8 Å². The topological polar surface area (TPSA) is 58.6 Å². The molecule has 0 aliphatic carbocycles. The van der Waals surface area contributed by atoms with Gasteiger partial charge >= 0.3 is 0 Å². The number of nitrogens with zero attached hydrogens (tertiary/aromatic N) is 1. The zero-order chi connectivity index (χ0) is 24.3. The standard InChI is InChI=1S/C28H31FN2O3/c1-3-16-30-28(33)26(18-21-10-5-4-6-11-21)31(20-22-12-9-14-24(17-22)34-2)27(32)19-23-13-7-8-15-25(23)29/h4-15,17,26H,3,16,18-20H2,1-2H3,(H,30,33)/t26-/m0/s1. The lowest BCUT2D eigenvalue weighted by atomic mass is 10.0. The minimum absolute atomic E-state index is 0.136. The number of benzene rings is 3. The molecule has 3 rings (SSSR count). The Balaban J connectivity index is 1.97. The summed E-state index contributed by atoms with van der Waals surface area (Å²) >= 11 is 0. The van der Waals surface area contributed by atoms with E-state index in [9.17, 15) is 14.0 Å². The average Bonchev–Trinajstić information content (AvgIpc) is 2.86. The number of carbonyl (C=O) groups is 2. The van der Waals surface area contributed by atoms with Crippen molar-refractivity contribution in [1.82, 2.24) is 10.2 Å². The fourth-order valence-electron chi connectivity index (χ4n) is 3.79. The van der Waals surface area contributed by atoms with Crippen molar-refractivity contribution in [3.8, 4) is 5.75 Å². The molecular weight excluding hydrogens is 431 g/mol. The fraction of sp³-hybridized carbons (Fsp3) is 0.286. The first kappa shape index (κ1) is 25.0. The van der Waals surface area contributed by atoms with Crippen LogP contribution in [0.4, 0.5) is 4.39 Å². The zero-order valence-corrected chi connectivity index (χ0v) is 19.7. The van der Waals surface area contributed by atoms with Gasteiger partial charge in [-0.15, -0.1) is 0 Å². The monoisotopic (exact) mass is 462 g/mol. The van der Waals surface area contributed by atoms with Gasteiger partial charge in [0.15, 0.2) is 0 Å². The number of hydrogen-bond donors (Lipinski definition) is 1. The van der Waals surface area contributed by atoms with E-state index < -0.39 is 11.9 Å². The van der Waals surface area contributed by atoms with Gasteiger partial charge in [-0.2, -0.15) is 0 Å². The summed E-state index contributed by atoms with van der Waals surface area (Å²) in [5.41, 5.74) is 2.06. The van der Waals surface area contributed by atoms with Crippen LogP contribution in [0, 0.1) is 5.82 Å². The molecule has 0 aromatic heterocycles. The molecule has 3 aromatic rings. The van der Waals surface area contributed by atoms with Crippen molar-refractivity contribution in [1.29, 1.82) is 0 Å². The van der Waals surface area contributed by atoms with Gasteiger partial charge in [-0.1, -0.05) is 67.6 Å². The number of nitrogens with one attached hydrogen (secondary N) is 1. The first-order valence-electron chi connectivity index (χ1n) is 11.5. The molecule has 6 heteroatoms. The van der Waals surface area contributed by atoms with Crippen LogP contribution in [-0.4, -0.2) is 36.4 Å². The Labute approximate surface area is 200 Å². The number of carbonyl (C=O) groups excluding carboxylic acids is 2. The van der Waals surface area contributed by atoms with Gasteiger partial charge in [0.05, 0.1) is 13.5 Å². The molecule has 2 amide bonds.